The molecule has 0 bridgehead atoms. The molecule has 4 rings (SSSR count). The van der Waals surface area contributed by atoms with Gasteiger partial charge in [-0.05, 0) is 37.8 Å². The van der Waals surface area contributed by atoms with Crippen LogP contribution in [0.1, 0.15) is 70.3 Å². The summed E-state index contributed by atoms with van der Waals surface area (Å²) in [6.07, 6.45) is 12.8. The first-order chi connectivity index (χ1) is 14.7. The van der Waals surface area contributed by atoms with Crippen molar-refractivity contribution >= 4 is 23.7 Å². The first-order valence-electron chi connectivity index (χ1n) is 10.9. The fraction of sp³-hybridized carbons (Fsp3) is 0.619. The van der Waals surface area contributed by atoms with Crippen LogP contribution in [-0.2, 0) is 4.79 Å². The molecule has 30 heavy (non-hydrogen) atoms. The van der Waals surface area contributed by atoms with E-state index in [1.807, 2.05) is 12.1 Å². The van der Waals surface area contributed by atoms with Gasteiger partial charge in [-0.25, -0.2) is 4.79 Å². The summed E-state index contributed by atoms with van der Waals surface area (Å²) >= 11 is 1.31. The number of amides is 3. The Morgan fingerprint density at radius 1 is 1.07 bits per heavy atom. The van der Waals surface area contributed by atoms with Gasteiger partial charge >= 0.3 is 6.03 Å². The average Bonchev–Trinajstić information content (AvgIpc) is 3.43. The molecule has 0 aromatic carbocycles. The van der Waals surface area contributed by atoms with Gasteiger partial charge in [-0.15, -0.1) is 10.2 Å². The second-order valence-corrected chi connectivity index (χ2v) is 9.03. The Morgan fingerprint density at radius 3 is 2.50 bits per heavy atom. The van der Waals surface area contributed by atoms with Crippen LogP contribution in [0.5, 0.6) is 0 Å². The van der Waals surface area contributed by atoms with Crippen molar-refractivity contribution in [3.63, 3.8) is 0 Å². The van der Waals surface area contributed by atoms with Gasteiger partial charge in [0, 0.05) is 12.1 Å². The Labute approximate surface area is 180 Å². The third-order valence-corrected chi connectivity index (χ3v) is 6.81. The predicted molar refractivity (Wildman–Crippen MR) is 114 cm³/mol. The number of urea groups is 1. The van der Waals surface area contributed by atoms with Crippen molar-refractivity contribution < 1.29 is 14.0 Å². The zero-order valence-corrected chi connectivity index (χ0v) is 18.0. The molecule has 9 heteroatoms. The molecule has 2 N–H and O–H groups in total. The van der Waals surface area contributed by atoms with E-state index in [0.717, 1.165) is 38.5 Å². The van der Waals surface area contributed by atoms with E-state index in [9.17, 15) is 9.59 Å². The molecule has 0 aliphatic heterocycles. The van der Waals surface area contributed by atoms with Gasteiger partial charge in [-0.2, -0.15) is 0 Å². The number of hydrogen-bond donors (Lipinski definition) is 2. The lowest BCUT2D eigenvalue weighted by Gasteiger charge is -2.25. The average molecular weight is 432 g/mol. The van der Waals surface area contributed by atoms with Crippen LogP contribution in [0.2, 0.25) is 0 Å². The molecule has 0 saturated heterocycles. The van der Waals surface area contributed by atoms with Crippen LogP contribution in [0, 0.1) is 0 Å². The summed E-state index contributed by atoms with van der Waals surface area (Å²) in [7, 11) is 0. The first kappa shape index (κ1) is 21.0. The van der Waals surface area contributed by atoms with Crippen LogP contribution < -0.4 is 10.6 Å². The Kier molecular flexibility index (Phi) is 7.09. The molecule has 2 heterocycles. The normalized spacial score (nSPS) is 18.3. The van der Waals surface area contributed by atoms with Gasteiger partial charge in [0.2, 0.25) is 11.7 Å². The highest BCUT2D eigenvalue weighted by Gasteiger charge is 2.25. The van der Waals surface area contributed by atoms with Gasteiger partial charge in [0.1, 0.15) is 0 Å². The first-order valence-corrected chi connectivity index (χ1v) is 11.9. The second kappa shape index (κ2) is 10.1. The standard InChI is InChI=1S/C21H29N5O3S/c27-18(23-20(28)22-15-8-3-1-4-9-15)14-30-21-25-24-19(17-12-7-13-29-17)26(21)16-10-5-2-6-11-16/h7,12-13,15-16H,1-6,8-11,14H2,(H2,22,23,27,28). The fourth-order valence-electron chi connectivity index (χ4n) is 4.38. The molecule has 2 aliphatic carbocycles. The van der Waals surface area contributed by atoms with E-state index in [2.05, 4.69) is 25.4 Å². The van der Waals surface area contributed by atoms with E-state index in [-0.39, 0.29) is 17.7 Å². The third-order valence-electron chi connectivity index (χ3n) is 5.87. The zero-order valence-electron chi connectivity index (χ0n) is 17.1. The maximum Gasteiger partial charge on any atom is 0.321 e. The number of carbonyl (C=O) groups is 2. The number of aromatic nitrogens is 3. The quantitative estimate of drug-likeness (QED) is 0.662. The van der Waals surface area contributed by atoms with E-state index in [1.54, 1.807) is 6.26 Å². The summed E-state index contributed by atoms with van der Waals surface area (Å²) in [6, 6.07) is 3.77. The van der Waals surface area contributed by atoms with Crippen molar-refractivity contribution in [2.75, 3.05) is 5.75 Å². The lowest BCUT2D eigenvalue weighted by molar-refractivity contribution is -0.117. The van der Waals surface area contributed by atoms with Gasteiger partial charge in [0.25, 0.3) is 0 Å². The molecule has 0 unspecified atom stereocenters. The Balaban J connectivity index is 1.37. The Hall–Kier alpha value is -2.29. The molecule has 0 spiro atoms. The molecule has 162 valence electrons. The highest BCUT2D eigenvalue weighted by atomic mass is 32.2. The summed E-state index contributed by atoms with van der Waals surface area (Å²) < 4.78 is 7.66. The molecule has 2 aromatic rings. The number of imide groups is 1. The molecule has 8 nitrogen and oxygen atoms in total. The SMILES string of the molecule is O=C(CSc1nnc(-c2ccco2)n1C1CCCCC1)NC(=O)NC1CCCCC1. The zero-order chi connectivity index (χ0) is 20.8. The molecule has 3 amide bonds. The van der Waals surface area contributed by atoms with Crippen LogP contribution >= 0.6 is 11.8 Å². The van der Waals surface area contributed by atoms with Crippen LogP contribution in [0.3, 0.4) is 0 Å². The summed E-state index contributed by atoms with van der Waals surface area (Å²) in [6.45, 7) is 0. The van der Waals surface area contributed by atoms with E-state index in [4.69, 9.17) is 4.42 Å². The van der Waals surface area contributed by atoms with Gasteiger partial charge in [-0.1, -0.05) is 50.3 Å². The number of furan rings is 1. The van der Waals surface area contributed by atoms with Crippen molar-refractivity contribution in [1.29, 1.82) is 0 Å². The number of nitrogens with zero attached hydrogens (tertiary/aromatic N) is 3. The minimum atomic E-state index is -0.405. The molecule has 2 saturated carbocycles. The van der Waals surface area contributed by atoms with Crippen LogP contribution in [0.4, 0.5) is 4.79 Å². The van der Waals surface area contributed by atoms with E-state index in [1.165, 1.54) is 37.4 Å². The highest BCUT2D eigenvalue weighted by Crippen LogP contribution is 2.35. The number of thioether (sulfide) groups is 1. The number of hydrogen-bond acceptors (Lipinski definition) is 6. The van der Waals surface area contributed by atoms with Crippen LogP contribution in [0.25, 0.3) is 11.6 Å². The van der Waals surface area contributed by atoms with Crippen molar-refractivity contribution in [3.8, 4) is 11.6 Å². The lowest BCUT2D eigenvalue weighted by atomic mass is 9.95. The minimum Gasteiger partial charge on any atom is -0.461 e. The fourth-order valence-corrected chi connectivity index (χ4v) is 5.18. The molecule has 2 fully saturated rings. The minimum absolute atomic E-state index is 0.112. The number of carbonyl (C=O) groups excluding carboxylic acids is 2. The number of rotatable bonds is 6. The maximum absolute atomic E-state index is 12.3. The van der Waals surface area contributed by atoms with Gasteiger partial charge in [-0.3, -0.25) is 14.7 Å². The van der Waals surface area contributed by atoms with Crippen molar-refractivity contribution in [3.05, 3.63) is 18.4 Å². The Bertz CT molecular complexity index is 839. The predicted octanol–water partition coefficient (Wildman–Crippen LogP) is 4.29. The van der Waals surface area contributed by atoms with E-state index < -0.39 is 6.03 Å². The number of nitrogens with one attached hydrogen (secondary N) is 2. The topological polar surface area (TPSA) is 102 Å². The molecule has 2 aromatic heterocycles. The molecular formula is C21H29N5O3S. The second-order valence-electron chi connectivity index (χ2n) is 8.09. The summed E-state index contributed by atoms with van der Waals surface area (Å²) in [5, 5.41) is 14.7. The van der Waals surface area contributed by atoms with Crippen molar-refractivity contribution in [1.82, 2.24) is 25.4 Å². The largest absolute Gasteiger partial charge is 0.461 e. The van der Waals surface area contributed by atoms with Gasteiger partial charge in [0.15, 0.2) is 10.9 Å². The summed E-state index contributed by atoms with van der Waals surface area (Å²) in [5.41, 5.74) is 0. The monoisotopic (exact) mass is 431 g/mol. The smallest absolute Gasteiger partial charge is 0.321 e. The maximum atomic E-state index is 12.3. The molecule has 0 atom stereocenters. The van der Waals surface area contributed by atoms with Crippen LogP contribution in [0.15, 0.2) is 28.0 Å². The van der Waals surface area contributed by atoms with Crippen LogP contribution in [-0.4, -0.2) is 38.5 Å². The summed E-state index contributed by atoms with van der Waals surface area (Å²) in [5.74, 6) is 1.16. The molecular weight excluding hydrogens is 402 g/mol. The lowest BCUT2D eigenvalue weighted by Crippen LogP contribution is -2.45. The van der Waals surface area contributed by atoms with E-state index in [0.29, 0.717) is 22.8 Å². The summed E-state index contributed by atoms with van der Waals surface area (Å²) in [4.78, 5) is 24.4. The Morgan fingerprint density at radius 2 is 1.80 bits per heavy atom. The van der Waals surface area contributed by atoms with Gasteiger partial charge in [0.05, 0.1) is 12.0 Å². The molecule has 2 aliphatic rings. The van der Waals surface area contributed by atoms with Crippen molar-refractivity contribution in [2.24, 2.45) is 0 Å². The van der Waals surface area contributed by atoms with E-state index >= 15 is 0 Å². The van der Waals surface area contributed by atoms with Crippen molar-refractivity contribution in [2.45, 2.75) is 81.4 Å². The molecule has 0 radical (unpaired) electrons. The van der Waals surface area contributed by atoms with Gasteiger partial charge < -0.3 is 9.73 Å². The highest BCUT2D eigenvalue weighted by molar-refractivity contribution is 7.99. The third kappa shape index (κ3) is 5.24.